The summed E-state index contributed by atoms with van der Waals surface area (Å²) < 4.78 is 0. The number of carbonyl (C=O) groups excluding carboxylic acids is 1. The van der Waals surface area contributed by atoms with Gasteiger partial charge < -0.3 is 10.6 Å². The molecule has 0 spiro atoms. The second-order valence-corrected chi connectivity index (χ2v) is 5.90. The molecule has 0 aromatic heterocycles. The molecule has 0 saturated heterocycles. The van der Waals surface area contributed by atoms with Gasteiger partial charge in [0.25, 0.3) is 0 Å². The van der Waals surface area contributed by atoms with Crippen molar-refractivity contribution in [3.8, 4) is 0 Å². The van der Waals surface area contributed by atoms with Crippen LogP contribution in [0.5, 0.6) is 0 Å². The molecule has 21 heavy (non-hydrogen) atoms. The van der Waals surface area contributed by atoms with Gasteiger partial charge in [-0.25, -0.2) is 4.79 Å². The fraction of sp³-hybridized carbons (Fsp3) is 0.235. The molecule has 0 bridgehead atoms. The first-order valence-corrected chi connectivity index (χ1v) is 7.42. The predicted octanol–water partition coefficient (Wildman–Crippen LogP) is 4.19. The van der Waals surface area contributed by atoms with Crippen LogP contribution >= 0.6 is 11.6 Å². The number of carbonyl (C=O) groups is 1. The summed E-state index contributed by atoms with van der Waals surface area (Å²) in [5, 5.41) is 6.53. The zero-order valence-corrected chi connectivity index (χ0v) is 12.4. The second kappa shape index (κ2) is 5.78. The third-order valence-corrected chi connectivity index (χ3v) is 4.14. The summed E-state index contributed by atoms with van der Waals surface area (Å²) in [6.07, 6.45) is 2.16. The number of halogens is 1. The van der Waals surface area contributed by atoms with E-state index < -0.39 is 0 Å². The number of urea groups is 1. The van der Waals surface area contributed by atoms with Crippen LogP contribution in [0.25, 0.3) is 0 Å². The molecular formula is C17H17ClN2O. The summed E-state index contributed by atoms with van der Waals surface area (Å²) in [5.74, 6) is 0. The van der Waals surface area contributed by atoms with Crippen molar-refractivity contribution in [2.24, 2.45) is 0 Å². The molecule has 2 N–H and O–H groups in total. The Labute approximate surface area is 129 Å². The SMILES string of the molecule is O=C(NCC1(c2cccc(Cl)c2)CC1)Nc1ccccc1. The van der Waals surface area contributed by atoms with Gasteiger partial charge in [-0.2, -0.15) is 0 Å². The molecule has 0 radical (unpaired) electrons. The van der Waals surface area contributed by atoms with Crippen molar-refractivity contribution in [1.82, 2.24) is 5.32 Å². The summed E-state index contributed by atoms with van der Waals surface area (Å²) in [7, 11) is 0. The van der Waals surface area contributed by atoms with Crippen LogP contribution < -0.4 is 10.6 Å². The smallest absolute Gasteiger partial charge is 0.319 e. The van der Waals surface area contributed by atoms with E-state index in [2.05, 4.69) is 16.7 Å². The summed E-state index contributed by atoms with van der Waals surface area (Å²) in [4.78, 5) is 11.9. The summed E-state index contributed by atoms with van der Waals surface area (Å²) >= 11 is 6.05. The minimum Gasteiger partial charge on any atom is -0.337 e. The van der Waals surface area contributed by atoms with Crippen molar-refractivity contribution in [3.63, 3.8) is 0 Å². The van der Waals surface area contributed by atoms with Gasteiger partial charge in [0.05, 0.1) is 0 Å². The van der Waals surface area contributed by atoms with Gasteiger partial charge in [-0.15, -0.1) is 0 Å². The van der Waals surface area contributed by atoms with Crippen molar-refractivity contribution in [2.75, 3.05) is 11.9 Å². The van der Waals surface area contributed by atoms with Crippen LogP contribution in [0, 0.1) is 0 Å². The van der Waals surface area contributed by atoms with E-state index in [1.54, 1.807) is 0 Å². The van der Waals surface area contributed by atoms with Crippen molar-refractivity contribution in [1.29, 1.82) is 0 Å². The lowest BCUT2D eigenvalue weighted by Gasteiger charge is -2.17. The third kappa shape index (κ3) is 3.37. The van der Waals surface area contributed by atoms with Gasteiger partial charge >= 0.3 is 6.03 Å². The number of anilines is 1. The van der Waals surface area contributed by atoms with Crippen molar-refractivity contribution in [2.45, 2.75) is 18.3 Å². The van der Waals surface area contributed by atoms with Gasteiger partial charge in [-0.1, -0.05) is 41.9 Å². The lowest BCUT2D eigenvalue weighted by molar-refractivity contribution is 0.251. The molecule has 0 aliphatic heterocycles. The molecule has 2 aromatic rings. The Morgan fingerprint density at radius 2 is 1.86 bits per heavy atom. The predicted molar refractivity (Wildman–Crippen MR) is 85.8 cm³/mol. The van der Waals surface area contributed by atoms with Crippen LogP contribution in [0.2, 0.25) is 5.02 Å². The molecule has 3 nitrogen and oxygen atoms in total. The van der Waals surface area contributed by atoms with E-state index >= 15 is 0 Å². The van der Waals surface area contributed by atoms with Crippen LogP contribution in [-0.2, 0) is 5.41 Å². The van der Waals surface area contributed by atoms with Crippen molar-refractivity contribution < 1.29 is 4.79 Å². The third-order valence-electron chi connectivity index (χ3n) is 3.91. The van der Waals surface area contributed by atoms with Crippen molar-refractivity contribution >= 4 is 23.3 Å². The Bertz CT molecular complexity index is 638. The summed E-state index contributed by atoms with van der Waals surface area (Å²) in [5.41, 5.74) is 2.05. The Hall–Kier alpha value is -2.00. The van der Waals surface area contributed by atoms with E-state index in [-0.39, 0.29) is 11.4 Å². The first-order valence-electron chi connectivity index (χ1n) is 7.04. The molecule has 1 saturated carbocycles. The van der Waals surface area contributed by atoms with Gasteiger partial charge in [0.15, 0.2) is 0 Å². The molecule has 1 aliphatic carbocycles. The first kappa shape index (κ1) is 14.0. The number of hydrogen-bond acceptors (Lipinski definition) is 1. The molecule has 0 atom stereocenters. The Kier molecular flexibility index (Phi) is 3.84. The molecule has 3 rings (SSSR count). The molecule has 1 aliphatic rings. The largest absolute Gasteiger partial charge is 0.337 e. The maximum atomic E-state index is 11.9. The van der Waals surface area contributed by atoms with E-state index in [0.29, 0.717) is 6.54 Å². The fourth-order valence-corrected chi connectivity index (χ4v) is 2.67. The Morgan fingerprint density at radius 1 is 1.10 bits per heavy atom. The highest BCUT2D eigenvalue weighted by atomic mass is 35.5. The monoisotopic (exact) mass is 300 g/mol. The molecule has 2 amide bonds. The maximum absolute atomic E-state index is 11.9. The van der Waals surface area contributed by atoms with Gasteiger partial charge in [0.2, 0.25) is 0 Å². The molecule has 0 heterocycles. The maximum Gasteiger partial charge on any atom is 0.319 e. The summed E-state index contributed by atoms with van der Waals surface area (Å²) in [6.45, 7) is 0.631. The zero-order chi connectivity index (χ0) is 14.7. The molecule has 1 fully saturated rings. The van der Waals surface area contributed by atoms with E-state index in [4.69, 9.17) is 11.6 Å². The van der Waals surface area contributed by atoms with E-state index in [1.165, 1.54) is 5.56 Å². The Balaban J connectivity index is 1.59. The number of nitrogens with one attached hydrogen (secondary N) is 2. The molecule has 4 heteroatoms. The standard InChI is InChI=1S/C17H17ClN2O/c18-14-6-4-5-13(11-14)17(9-10-17)12-19-16(21)20-15-7-2-1-3-8-15/h1-8,11H,9-10,12H2,(H2,19,20,21). The van der Waals surface area contributed by atoms with Crippen LogP contribution in [0.15, 0.2) is 54.6 Å². The number of hydrogen-bond donors (Lipinski definition) is 2. The van der Waals surface area contributed by atoms with Gasteiger partial charge in [-0.3, -0.25) is 0 Å². The first-order chi connectivity index (χ1) is 10.2. The van der Waals surface area contributed by atoms with E-state index in [0.717, 1.165) is 23.6 Å². The van der Waals surface area contributed by atoms with Crippen LogP contribution in [-0.4, -0.2) is 12.6 Å². The lowest BCUT2D eigenvalue weighted by Crippen LogP contribution is -2.35. The number of amides is 2. The highest BCUT2D eigenvalue weighted by Gasteiger charge is 2.44. The number of para-hydroxylation sites is 1. The van der Waals surface area contributed by atoms with Crippen LogP contribution in [0.3, 0.4) is 0 Å². The summed E-state index contributed by atoms with van der Waals surface area (Å²) in [6, 6.07) is 17.2. The topological polar surface area (TPSA) is 41.1 Å². The van der Waals surface area contributed by atoms with E-state index in [9.17, 15) is 4.79 Å². The minimum absolute atomic E-state index is 0.0545. The highest BCUT2D eigenvalue weighted by Crippen LogP contribution is 2.48. The fourth-order valence-electron chi connectivity index (χ4n) is 2.48. The normalized spacial score (nSPS) is 15.3. The lowest BCUT2D eigenvalue weighted by atomic mass is 9.96. The molecule has 0 unspecified atom stereocenters. The molecule has 2 aromatic carbocycles. The highest BCUT2D eigenvalue weighted by molar-refractivity contribution is 6.30. The number of benzene rings is 2. The average Bonchev–Trinajstić information content (AvgIpc) is 3.28. The van der Waals surface area contributed by atoms with E-state index in [1.807, 2.05) is 48.5 Å². The molecular weight excluding hydrogens is 284 g/mol. The van der Waals surface area contributed by atoms with Crippen LogP contribution in [0.4, 0.5) is 10.5 Å². The number of rotatable bonds is 4. The molecule has 108 valence electrons. The van der Waals surface area contributed by atoms with Gasteiger partial charge in [0, 0.05) is 22.7 Å². The second-order valence-electron chi connectivity index (χ2n) is 5.46. The van der Waals surface area contributed by atoms with Crippen molar-refractivity contribution in [3.05, 3.63) is 65.2 Å². The Morgan fingerprint density at radius 3 is 2.52 bits per heavy atom. The quantitative estimate of drug-likeness (QED) is 0.873. The minimum atomic E-state index is -0.172. The van der Waals surface area contributed by atoms with Gasteiger partial charge in [-0.05, 0) is 42.7 Å². The van der Waals surface area contributed by atoms with Crippen LogP contribution in [0.1, 0.15) is 18.4 Å². The zero-order valence-electron chi connectivity index (χ0n) is 11.6. The van der Waals surface area contributed by atoms with Gasteiger partial charge in [0.1, 0.15) is 0 Å². The average molecular weight is 301 g/mol.